The highest BCUT2D eigenvalue weighted by Gasteiger charge is 2.09. The smallest absolute Gasteiger partial charge is 0.338 e. The molecule has 1 heterocycles. The molecule has 0 unspecified atom stereocenters. The van der Waals surface area contributed by atoms with Crippen molar-refractivity contribution < 1.29 is 14.3 Å². The zero-order valence-corrected chi connectivity index (χ0v) is 11.8. The van der Waals surface area contributed by atoms with Gasteiger partial charge in [-0.1, -0.05) is 0 Å². The molecule has 0 saturated heterocycles. The summed E-state index contributed by atoms with van der Waals surface area (Å²) >= 11 is 0. The molecule has 0 spiro atoms. The summed E-state index contributed by atoms with van der Waals surface area (Å²) in [4.78, 5) is 23.4. The van der Waals surface area contributed by atoms with Crippen LogP contribution in [0.5, 0.6) is 0 Å². The van der Waals surface area contributed by atoms with Gasteiger partial charge in [0.25, 0.3) is 5.91 Å². The molecule has 0 fully saturated rings. The fraction of sp³-hybridized carbons (Fsp3) is 0.200. The van der Waals surface area contributed by atoms with Crippen LogP contribution in [0.2, 0.25) is 0 Å². The minimum Gasteiger partial charge on any atom is -0.462 e. The van der Waals surface area contributed by atoms with E-state index in [1.54, 1.807) is 50.2 Å². The second kappa shape index (κ2) is 6.60. The van der Waals surface area contributed by atoms with Gasteiger partial charge >= 0.3 is 5.97 Å². The number of carbonyl (C=O) groups is 2. The van der Waals surface area contributed by atoms with E-state index in [9.17, 15) is 9.59 Å². The summed E-state index contributed by atoms with van der Waals surface area (Å²) in [6.45, 7) is 3.86. The zero-order chi connectivity index (χ0) is 15.2. The molecule has 0 atom stereocenters. The first-order valence-electron chi connectivity index (χ1n) is 6.49. The lowest BCUT2D eigenvalue weighted by molar-refractivity contribution is 0.0526. The number of esters is 1. The minimum atomic E-state index is -0.389. The van der Waals surface area contributed by atoms with Gasteiger partial charge < -0.3 is 10.1 Å². The molecule has 1 aromatic carbocycles. The van der Waals surface area contributed by atoms with Crippen LogP contribution in [-0.4, -0.2) is 28.7 Å². The third-order valence-electron chi connectivity index (χ3n) is 2.68. The van der Waals surface area contributed by atoms with E-state index >= 15 is 0 Å². The number of benzene rings is 1. The molecular formula is C15H15N3O3. The molecule has 21 heavy (non-hydrogen) atoms. The third-order valence-corrected chi connectivity index (χ3v) is 2.68. The van der Waals surface area contributed by atoms with Crippen LogP contribution in [0.1, 0.15) is 33.5 Å². The molecule has 108 valence electrons. The van der Waals surface area contributed by atoms with Crippen molar-refractivity contribution in [1.82, 2.24) is 10.2 Å². The molecule has 0 bridgehead atoms. The number of aromatic nitrogens is 2. The molecule has 0 saturated carbocycles. The minimum absolute atomic E-state index is 0.232. The third kappa shape index (κ3) is 3.85. The Labute approximate surface area is 122 Å². The van der Waals surface area contributed by atoms with Crippen molar-refractivity contribution in [2.24, 2.45) is 0 Å². The van der Waals surface area contributed by atoms with Crippen molar-refractivity contribution in [2.75, 3.05) is 11.9 Å². The lowest BCUT2D eigenvalue weighted by Gasteiger charge is -2.06. The van der Waals surface area contributed by atoms with E-state index in [1.165, 1.54) is 0 Å². The van der Waals surface area contributed by atoms with E-state index in [-0.39, 0.29) is 17.6 Å². The Bertz CT molecular complexity index is 636. The van der Waals surface area contributed by atoms with Gasteiger partial charge in [-0.2, -0.15) is 5.10 Å². The van der Waals surface area contributed by atoms with Crippen LogP contribution in [0.15, 0.2) is 36.4 Å². The fourth-order valence-electron chi connectivity index (χ4n) is 1.62. The monoisotopic (exact) mass is 285 g/mol. The van der Waals surface area contributed by atoms with E-state index in [0.717, 1.165) is 5.69 Å². The summed E-state index contributed by atoms with van der Waals surface area (Å²) in [5.74, 6) is -0.744. The van der Waals surface area contributed by atoms with Gasteiger partial charge in [-0.05, 0) is 50.2 Å². The summed E-state index contributed by atoms with van der Waals surface area (Å²) in [6, 6.07) is 9.76. The fourth-order valence-corrected chi connectivity index (χ4v) is 1.62. The van der Waals surface area contributed by atoms with Crippen LogP contribution >= 0.6 is 0 Å². The van der Waals surface area contributed by atoms with Crippen LogP contribution in [-0.2, 0) is 4.74 Å². The Morgan fingerprint density at radius 2 is 1.81 bits per heavy atom. The quantitative estimate of drug-likeness (QED) is 0.871. The number of amides is 1. The first-order valence-corrected chi connectivity index (χ1v) is 6.49. The number of aryl methyl sites for hydroxylation is 1. The highest BCUT2D eigenvalue weighted by atomic mass is 16.5. The van der Waals surface area contributed by atoms with E-state index in [2.05, 4.69) is 15.5 Å². The second-order valence-electron chi connectivity index (χ2n) is 4.31. The van der Waals surface area contributed by atoms with Crippen molar-refractivity contribution in [2.45, 2.75) is 13.8 Å². The van der Waals surface area contributed by atoms with Gasteiger partial charge in [-0.25, -0.2) is 4.79 Å². The predicted octanol–water partition coefficient (Wildman–Crippen LogP) is 2.21. The average molecular weight is 285 g/mol. The van der Waals surface area contributed by atoms with E-state index in [4.69, 9.17) is 4.74 Å². The van der Waals surface area contributed by atoms with Gasteiger partial charge in [-0.15, -0.1) is 5.10 Å². The maximum absolute atomic E-state index is 11.9. The van der Waals surface area contributed by atoms with Gasteiger partial charge in [0.15, 0.2) is 5.69 Å². The normalized spacial score (nSPS) is 10.0. The standard InChI is InChI=1S/C15H15N3O3/c1-3-21-15(20)11-5-7-12(8-6-11)16-14(19)13-9-4-10(2)17-18-13/h4-9H,3H2,1-2H3,(H,16,19). The summed E-state index contributed by atoms with van der Waals surface area (Å²) in [5, 5.41) is 10.3. The van der Waals surface area contributed by atoms with Crippen molar-refractivity contribution in [3.8, 4) is 0 Å². The number of anilines is 1. The summed E-state index contributed by atoms with van der Waals surface area (Å²) in [5.41, 5.74) is 1.97. The molecule has 6 nitrogen and oxygen atoms in total. The van der Waals surface area contributed by atoms with Crippen LogP contribution in [0, 0.1) is 6.92 Å². The molecule has 2 aromatic rings. The Kier molecular flexibility index (Phi) is 4.61. The lowest BCUT2D eigenvalue weighted by Crippen LogP contribution is -2.14. The van der Waals surface area contributed by atoms with Gasteiger partial charge in [0, 0.05) is 5.69 Å². The highest BCUT2D eigenvalue weighted by Crippen LogP contribution is 2.11. The summed E-state index contributed by atoms with van der Waals surface area (Å²) in [7, 11) is 0. The molecular weight excluding hydrogens is 270 g/mol. The van der Waals surface area contributed by atoms with E-state index in [1.807, 2.05) is 0 Å². The van der Waals surface area contributed by atoms with Crippen molar-refractivity contribution >= 4 is 17.6 Å². The maximum atomic E-state index is 11.9. The average Bonchev–Trinajstić information content (AvgIpc) is 2.49. The molecule has 1 N–H and O–H groups in total. The molecule has 1 amide bonds. The molecule has 1 aromatic heterocycles. The molecule has 2 rings (SSSR count). The van der Waals surface area contributed by atoms with Crippen LogP contribution in [0.3, 0.4) is 0 Å². The first kappa shape index (κ1) is 14.6. The van der Waals surface area contributed by atoms with Crippen molar-refractivity contribution in [3.63, 3.8) is 0 Å². The number of hydrogen-bond donors (Lipinski definition) is 1. The molecule has 0 aliphatic heterocycles. The maximum Gasteiger partial charge on any atom is 0.338 e. The lowest BCUT2D eigenvalue weighted by atomic mass is 10.2. The molecule has 0 aliphatic rings. The highest BCUT2D eigenvalue weighted by molar-refractivity contribution is 6.03. The SMILES string of the molecule is CCOC(=O)c1ccc(NC(=O)c2ccc(C)nn2)cc1. The molecule has 0 aliphatic carbocycles. The number of rotatable bonds is 4. The van der Waals surface area contributed by atoms with Crippen LogP contribution in [0.25, 0.3) is 0 Å². The number of ether oxygens (including phenoxy) is 1. The van der Waals surface area contributed by atoms with Crippen LogP contribution < -0.4 is 5.32 Å². The van der Waals surface area contributed by atoms with Crippen LogP contribution in [0.4, 0.5) is 5.69 Å². The second-order valence-corrected chi connectivity index (χ2v) is 4.31. The van der Waals surface area contributed by atoms with Crippen molar-refractivity contribution in [3.05, 3.63) is 53.3 Å². The zero-order valence-electron chi connectivity index (χ0n) is 11.8. The van der Waals surface area contributed by atoms with Gasteiger partial charge in [0.1, 0.15) is 0 Å². The van der Waals surface area contributed by atoms with Gasteiger partial charge in [0.05, 0.1) is 17.9 Å². The van der Waals surface area contributed by atoms with Gasteiger partial charge in [0.2, 0.25) is 0 Å². The summed E-state index contributed by atoms with van der Waals surface area (Å²) < 4.78 is 4.88. The number of nitrogens with one attached hydrogen (secondary N) is 1. The number of carbonyl (C=O) groups excluding carboxylic acids is 2. The largest absolute Gasteiger partial charge is 0.462 e. The molecule has 6 heteroatoms. The Morgan fingerprint density at radius 1 is 1.10 bits per heavy atom. The summed E-state index contributed by atoms with van der Waals surface area (Å²) in [6.07, 6.45) is 0. The first-order chi connectivity index (χ1) is 10.1. The Hall–Kier alpha value is -2.76. The number of hydrogen-bond acceptors (Lipinski definition) is 5. The van der Waals surface area contributed by atoms with E-state index in [0.29, 0.717) is 17.9 Å². The Morgan fingerprint density at radius 3 is 2.38 bits per heavy atom. The van der Waals surface area contributed by atoms with Crippen molar-refractivity contribution in [1.29, 1.82) is 0 Å². The van der Waals surface area contributed by atoms with E-state index < -0.39 is 0 Å². The predicted molar refractivity (Wildman–Crippen MR) is 77.1 cm³/mol. The molecule has 0 radical (unpaired) electrons. The number of nitrogens with zero attached hydrogens (tertiary/aromatic N) is 2. The van der Waals surface area contributed by atoms with Gasteiger partial charge in [-0.3, -0.25) is 4.79 Å². The topological polar surface area (TPSA) is 81.2 Å². The Balaban J connectivity index is 2.04.